The van der Waals surface area contributed by atoms with Crippen LogP contribution in [-0.2, 0) is 0 Å². The Morgan fingerprint density at radius 3 is 1.72 bits per heavy atom. The van der Waals surface area contributed by atoms with Crippen molar-refractivity contribution in [3.05, 3.63) is 101 Å². The van der Waals surface area contributed by atoms with Crippen molar-refractivity contribution in [2.24, 2.45) is 0 Å². The van der Waals surface area contributed by atoms with E-state index in [9.17, 15) is 9.59 Å². The van der Waals surface area contributed by atoms with E-state index in [0.29, 0.717) is 5.06 Å². The highest BCUT2D eigenvalue weighted by atomic mass is 35.5. The number of aromatic nitrogens is 3. The molecule has 0 spiro atoms. The minimum atomic E-state index is -0.605. The molecule has 8 nitrogen and oxygen atoms in total. The highest BCUT2D eigenvalue weighted by molar-refractivity contribution is 6.28. The summed E-state index contributed by atoms with van der Waals surface area (Å²) in [7, 11) is 0. The summed E-state index contributed by atoms with van der Waals surface area (Å²) in [5.74, 6) is -1.05. The maximum Gasteiger partial charge on any atom is 0.349 e. The first-order chi connectivity index (χ1) is 15.6. The largest absolute Gasteiger partial charge is 0.349 e. The lowest BCUT2D eigenvalue weighted by atomic mass is 10.1. The molecule has 5 rings (SSSR count). The van der Waals surface area contributed by atoms with E-state index in [1.807, 2.05) is 60.7 Å². The number of rotatable bonds is 5. The van der Waals surface area contributed by atoms with Gasteiger partial charge in [0.2, 0.25) is 11.2 Å². The van der Waals surface area contributed by atoms with Crippen LogP contribution in [0.1, 0.15) is 20.7 Å². The number of benzene rings is 3. The molecule has 4 aromatic rings. The van der Waals surface area contributed by atoms with E-state index in [2.05, 4.69) is 15.0 Å². The Morgan fingerprint density at radius 2 is 1.19 bits per heavy atom. The second-order valence-electron chi connectivity index (χ2n) is 6.74. The highest BCUT2D eigenvalue weighted by Crippen LogP contribution is 2.33. The SMILES string of the molecule is O=C1c2ccccc2C(=O)N1Oc1nc(Cl)nc(N(c2ccccc2)c2ccccc2)n1. The van der Waals surface area contributed by atoms with Gasteiger partial charge >= 0.3 is 6.01 Å². The van der Waals surface area contributed by atoms with Crippen molar-refractivity contribution in [1.29, 1.82) is 0 Å². The molecule has 2 amide bonds. The molecule has 1 aromatic heterocycles. The van der Waals surface area contributed by atoms with Crippen LogP contribution < -0.4 is 9.74 Å². The highest BCUT2D eigenvalue weighted by Gasteiger charge is 2.38. The predicted molar refractivity (Wildman–Crippen MR) is 117 cm³/mol. The molecule has 0 fully saturated rings. The van der Waals surface area contributed by atoms with Crippen LogP contribution >= 0.6 is 11.6 Å². The number of hydrogen-bond donors (Lipinski definition) is 0. The number of halogens is 1. The van der Waals surface area contributed by atoms with Crippen molar-refractivity contribution in [3.63, 3.8) is 0 Å². The van der Waals surface area contributed by atoms with Crippen LogP contribution in [0.25, 0.3) is 0 Å². The Hall–Kier alpha value is -4.30. The summed E-state index contributed by atoms with van der Waals surface area (Å²) < 4.78 is 0. The molecule has 0 atom stereocenters. The molecule has 2 heterocycles. The molecule has 0 aliphatic carbocycles. The van der Waals surface area contributed by atoms with Gasteiger partial charge in [-0.15, -0.1) is 0 Å². The van der Waals surface area contributed by atoms with Gasteiger partial charge in [0.15, 0.2) is 0 Å². The normalized spacial score (nSPS) is 12.6. The van der Waals surface area contributed by atoms with Gasteiger partial charge in [-0.25, -0.2) is 0 Å². The zero-order chi connectivity index (χ0) is 22.1. The maximum absolute atomic E-state index is 12.6. The van der Waals surface area contributed by atoms with Gasteiger partial charge < -0.3 is 4.84 Å². The quantitative estimate of drug-likeness (QED) is 0.417. The fourth-order valence-electron chi connectivity index (χ4n) is 3.33. The molecular weight excluding hydrogens is 430 g/mol. The molecule has 3 aromatic carbocycles. The maximum atomic E-state index is 12.6. The number of anilines is 3. The van der Waals surface area contributed by atoms with Crippen LogP contribution in [0.15, 0.2) is 84.9 Å². The number of para-hydroxylation sites is 2. The van der Waals surface area contributed by atoms with E-state index in [4.69, 9.17) is 16.4 Å². The summed E-state index contributed by atoms with van der Waals surface area (Å²) >= 11 is 6.16. The Kier molecular flexibility index (Phi) is 4.97. The topological polar surface area (TPSA) is 88.5 Å². The molecule has 32 heavy (non-hydrogen) atoms. The van der Waals surface area contributed by atoms with Gasteiger partial charge in [-0.3, -0.25) is 14.5 Å². The van der Waals surface area contributed by atoms with E-state index >= 15 is 0 Å². The van der Waals surface area contributed by atoms with E-state index in [1.165, 1.54) is 0 Å². The first kappa shape index (κ1) is 19.7. The standard InChI is InChI=1S/C23H14ClN5O3/c24-21-25-22(28(15-9-3-1-4-10-15)16-11-5-2-6-12-16)27-23(26-21)32-29-19(30)17-13-7-8-14-18(17)20(29)31/h1-14H. The van der Waals surface area contributed by atoms with Crippen LogP contribution in [0.2, 0.25) is 5.28 Å². The zero-order valence-corrected chi connectivity index (χ0v) is 17.2. The number of fused-ring (bicyclic) bond motifs is 1. The van der Waals surface area contributed by atoms with E-state index in [1.54, 1.807) is 29.2 Å². The molecule has 1 aliphatic heterocycles. The van der Waals surface area contributed by atoms with E-state index in [0.717, 1.165) is 11.4 Å². The van der Waals surface area contributed by atoms with Crippen molar-refractivity contribution in [1.82, 2.24) is 20.0 Å². The molecular formula is C23H14ClN5O3. The van der Waals surface area contributed by atoms with Crippen LogP contribution in [-0.4, -0.2) is 31.8 Å². The Labute approximate surface area is 187 Å². The number of nitrogens with zero attached hydrogens (tertiary/aromatic N) is 5. The summed E-state index contributed by atoms with van der Waals surface area (Å²) in [6.45, 7) is 0. The predicted octanol–water partition coefficient (Wildman–Crippen LogP) is 4.58. The van der Waals surface area contributed by atoms with Gasteiger partial charge in [0.1, 0.15) is 0 Å². The average molecular weight is 444 g/mol. The smallest absolute Gasteiger partial charge is 0.326 e. The van der Waals surface area contributed by atoms with Crippen LogP contribution in [0, 0.1) is 0 Å². The number of imide groups is 1. The number of hydrogen-bond acceptors (Lipinski definition) is 7. The van der Waals surface area contributed by atoms with Crippen molar-refractivity contribution in [2.45, 2.75) is 0 Å². The Bertz CT molecular complexity index is 1240. The molecule has 156 valence electrons. The number of carbonyl (C=O) groups excluding carboxylic acids is 2. The van der Waals surface area contributed by atoms with E-state index < -0.39 is 11.8 Å². The number of hydroxylamine groups is 2. The summed E-state index contributed by atoms with van der Waals surface area (Å²) in [6.07, 6.45) is 0. The van der Waals surface area contributed by atoms with Gasteiger partial charge in [-0.1, -0.05) is 53.6 Å². The monoisotopic (exact) mass is 443 g/mol. The van der Waals surface area contributed by atoms with Gasteiger partial charge in [0.25, 0.3) is 11.8 Å². The first-order valence-corrected chi connectivity index (χ1v) is 9.97. The number of carbonyl (C=O) groups is 2. The third-order valence-electron chi connectivity index (χ3n) is 4.73. The Balaban J connectivity index is 1.54. The van der Waals surface area contributed by atoms with Crippen LogP contribution in [0.4, 0.5) is 17.3 Å². The van der Waals surface area contributed by atoms with E-state index in [-0.39, 0.29) is 28.4 Å². The molecule has 0 unspecified atom stereocenters. The molecule has 9 heteroatoms. The molecule has 0 bridgehead atoms. The summed E-state index contributed by atoms with van der Waals surface area (Å²) in [6, 6.07) is 25.0. The zero-order valence-electron chi connectivity index (χ0n) is 16.4. The third kappa shape index (κ3) is 3.52. The minimum Gasteiger partial charge on any atom is -0.326 e. The lowest BCUT2D eigenvalue weighted by molar-refractivity contribution is -0.0195. The summed E-state index contributed by atoms with van der Waals surface area (Å²) in [4.78, 5) is 45.0. The second-order valence-corrected chi connectivity index (χ2v) is 7.07. The van der Waals surface area contributed by atoms with Crippen molar-refractivity contribution in [2.75, 3.05) is 4.90 Å². The summed E-state index contributed by atoms with van der Waals surface area (Å²) in [5, 5.41) is 0.466. The molecule has 0 N–H and O–H groups in total. The van der Waals surface area contributed by atoms with Crippen molar-refractivity contribution in [3.8, 4) is 6.01 Å². The lowest BCUT2D eigenvalue weighted by Gasteiger charge is -2.23. The fraction of sp³-hybridized carbons (Fsp3) is 0. The second kappa shape index (κ2) is 8.09. The molecule has 0 saturated heterocycles. The van der Waals surface area contributed by atoms with Crippen molar-refractivity contribution >= 4 is 40.7 Å². The van der Waals surface area contributed by atoms with Gasteiger partial charge in [0, 0.05) is 11.4 Å². The first-order valence-electron chi connectivity index (χ1n) is 9.59. The third-order valence-corrected chi connectivity index (χ3v) is 4.90. The fourth-order valence-corrected chi connectivity index (χ4v) is 3.48. The molecule has 0 saturated carbocycles. The number of amides is 2. The lowest BCUT2D eigenvalue weighted by Crippen LogP contribution is -2.34. The molecule has 0 radical (unpaired) electrons. The Morgan fingerprint density at radius 1 is 0.688 bits per heavy atom. The van der Waals surface area contributed by atoms with Crippen LogP contribution in [0.5, 0.6) is 6.01 Å². The van der Waals surface area contributed by atoms with Crippen molar-refractivity contribution < 1.29 is 14.4 Å². The van der Waals surface area contributed by atoms with Crippen LogP contribution in [0.3, 0.4) is 0 Å². The van der Waals surface area contributed by atoms with Gasteiger partial charge in [0.05, 0.1) is 11.1 Å². The minimum absolute atomic E-state index is 0.154. The average Bonchev–Trinajstić information content (AvgIpc) is 3.05. The summed E-state index contributed by atoms with van der Waals surface area (Å²) in [5.41, 5.74) is 2.03. The van der Waals surface area contributed by atoms with Gasteiger partial charge in [-0.2, -0.15) is 15.0 Å². The molecule has 1 aliphatic rings. The van der Waals surface area contributed by atoms with Gasteiger partial charge in [-0.05, 0) is 48.0 Å².